The SMILES string of the molecule is CNC.CNC.[Ag+].[Ag+].[Cl-].[I-]. The van der Waals surface area contributed by atoms with E-state index in [-0.39, 0.29) is 81.1 Å². The Labute approximate surface area is 119 Å². The van der Waals surface area contributed by atoms with Crippen LogP contribution in [0.2, 0.25) is 0 Å². The molecular weight excluding hydrogens is 454 g/mol. The Morgan fingerprint density at radius 2 is 0.700 bits per heavy atom. The molecular formula is C4H14Ag2ClIN2. The minimum atomic E-state index is 0. The van der Waals surface area contributed by atoms with Crippen molar-refractivity contribution < 1.29 is 81.1 Å². The first-order valence-corrected chi connectivity index (χ1v) is 2.00. The van der Waals surface area contributed by atoms with Crippen LogP contribution in [0, 0.1) is 0 Å². The van der Waals surface area contributed by atoms with Gasteiger partial charge >= 0.3 is 44.8 Å². The molecule has 6 heteroatoms. The van der Waals surface area contributed by atoms with Crippen LogP contribution in [-0.4, -0.2) is 28.2 Å². The van der Waals surface area contributed by atoms with Gasteiger partial charge in [0.25, 0.3) is 0 Å². The van der Waals surface area contributed by atoms with E-state index in [0.717, 1.165) is 0 Å². The molecule has 0 fully saturated rings. The van der Waals surface area contributed by atoms with Gasteiger partial charge in [0.15, 0.2) is 0 Å². The average Bonchev–Trinajstić information content (AvgIpc) is 1.39. The fraction of sp³-hybridized carbons (Fsp3) is 1.00. The molecule has 0 radical (unpaired) electrons. The Hall–Kier alpha value is 2.42. The monoisotopic (exact) mass is 466 g/mol. The first-order chi connectivity index (χ1) is 2.83. The van der Waals surface area contributed by atoms with E-state index in [0.29, 0.717) is 0 Å². The van der Waals surface area contributed by atoms with Gasteiger partial charge in [-0.15, -0.1) is 0 Å². The molecule has 0 aromatic carbocycles. The van der Waals surface area contributed by atoms with Gasteiger partial charge in [-0.2, -0.15) is 0 Å². The van der Waals surface area contributed by atoms with Gasteiger partial charge in [0.05, 0.1) is 0 Å². The summed E-state index contributed by atoms with van der Waals surface area (Å²) >= 11 is 0. The van der Waals surface area contributed by atoms with Crippen molar-refractivity contribution in [2.75, 3.05) is 28.2 Å². The number of hydrogen-bond acceptors (Lipinski definition) is 2. The van der Waals surface area contributed by atoms with Gasteiger partial charge in [0.2, 0.25) is 0 Å². The third-order valence-corrected chi connectivity index (χ3v) is 0. The summed E-state index contributed by atoms with van der Waals surface area (Å²) in [5.74, 6) is 0. The minimum absolute atomic E-state index is 0. The first kappa shape index (κ1) is 39.3. The maximum atomic E-state index is 2.75. The van der Waals surface area contributed by atoms with Crippen molar-refractivity contribution in [3.63, 3.8) is 0 Å². The van der Waals surface area contributed by atoms with Crippen LogP contribution in [0.1, 0.15) is 0 Å². The van der Waals surface area contributed by atoms with Gasteiger partial charge in [-0.1, -0.05) is 0 Å². The summed E-state index contributed by atoms with van der Waals surface area (Å²) in [6.45, 7) is 0. The van der Waals surface area contributed by atoms with Crippen molar-refractivity contribution in [2.24, 2.45) is 0 Å². The van der Waals surface area contributed by atoms with Crippen LogP contribution in [0.4, 0.5) is 0 Å². The molecule has 0 aliphatic heterocycles. The van der Waals surface area contributed by atoms with Crippen molar-refractivity contribution in [3.8, 4) is 0 Å². The molecule has 0 aliphatic carbocycles. The summed E-state index contributed by atoms with van der Waals surface area (Å²) in [6.07, 6.45) is 0. The van der Waals surface area contributed by atoms with Crippen LogP contribution < -0.4 is 47.0 Å². The number of nitrogens with one attached hydrogen (secondary N) is 2. The molecule has 0 unspecified atom stereocenters. The van der Waals surface area contributed by atoms with E-state index in [1.54, 1.807) is 0 Å². The maximum Gasteiger partial charge on any atom is 1.00 e. The van der Waals surface area contributed by atoms with E-state index in [1.165, 1.54) is 0 Å². The molecule has 0 heterocycles. The molecule has 0 bridgehead atoms. The summed E-state index contributed by atoms with van der Waals surface area (Å²) in [7, 11) is 7.50. The number of halogens is 2. The van der Waals surface area contributed by atoms with E-state index in [2.05, 4.69) is 10.6 Å². The second-order valence-corrected chi connectivity index (χ2v) is 1.00. The van der Waals surface area contributed by atoms with Crippen LogP contribution in [0.15, 0.2) is 0 Å². The van der Waals surface area contributed by atoms with Crippen molar-refractivity contribution >= 4 is 0 Å². The molecule has 0 aromatic rings. The van der Waals surface area contributed by atoms with Crippen LogP contribution >= 0.6 is 0 Å². The van der Waals surface area contributed by atoms with Gasteiger partial charge < -0.3 is 47.0 Å². The molecule has 2 nitrogen and oxygen atoms in total. The second kappa shape index (κ2) is 63.5. The zero-order valence-corrected chi connectivity index (χ0v) is 12.2. The van der Waals surface area contributed by atoms with Gasteiger partial charge in [0, 0.05) is 0 Å². The fourth-order valence-electron chi connectivity index (χ4n) is 0. The maximum absolute atomic E-state index is 2.75. The molecule has 0 amide bonds. The van der Waals surface area contributed by atoms with Crippen molar-refractivity contribution in [2.45, 2.75) is 0 Å². The summed E-state index contributed by atoms with van der Waals surface area (Å²) in [4.78, 5) is 0. The third-order valence-electron chi connectivity index (χ3n) is 0. The van der Waals surface area contributed by atoms with E-state index < -0.39 is 0 Å². The smallest absolute Gasteiger partial charge is 1.00 e. The van der Waals surface area contributed by atoms with Crippen molar-refractivity contribution in [1.29, 1.82) is 0 Å². The standard InChI is InChI=1S/2C2H7N.2Ag.ClH.HI/c2*1-3-2;;;;/h2*3H,1-2H3;;;2*1H/q;;2*+1;;/p-2. The van der Waals surface area contributed by atoms with Crippen LogP contribution in [0.25, 0.3) is 0 Å². The molecule has 76 valence electrons. The normalized spacial score (nSPS) is 3.60. The Bertz CT molecular complexity index is 23.2. The van der Waals surface area contributed by atoms with E-state index >= 15 is 0 Å². The van der Waals surface area contributed by atoms with Crippen molar-refractivity contribution in [3.05, 3.63) is 0 Å². The quantitative estimate of drug-likeness (QED) is 0.273. The van der Waals surface area contributed by atoms with Gasteiger partial charge in [-0.05, 0) is 28.2 Å². The van der Waals surface area contributed by atoms with Gasteiger partial charge in [-0.25, -0.2) is 0 Å². The first-order valence-electron chi connectivity index (χ1n) is 2.00. The molecule has 0 saturated heterocycles. The second-order valence-electron chi connectivity index (χ2n) is 1.00. The molecule has 0 saturated carbocycles. The summed E-state index contributed by atoms with van der Waals surface area (Å²) in [6, 6.07) is 0. The van der Waals surface area contributed by atoms with Crippen LogP contribution in [0.5, 0.6) is 0 Å². The van der Waals surface area contributed by atoms with Crippen molar-refractivity contribution in [1.82, 2.24) is 10.6 Å². The summed E-state index contributed by atoms with van der Waals surface area (Å²) < 4.78 is 0. The summed E-state index contributed by atoms with van der Waals surface area (Å²) in [5.41, 5.74) is 0. The Kier molecular flexibility index (Phi) is 249. The van der Waals surface area contributed by atoms with E-state index in [4.69, 9.17) is 0 Å². The Balaban J connectivity index is -0.00000000571. The molecule has 0 spiro atoms. The molecule has 10 heavy (non-hydrogen) atoms. The molecule has 0 aromatic heterocycles. The Morgan fingerprint density at radius 1 is 0.700 bits per heavy atom. The van der Waals surface area contributed by atoms with Crippen LogP contribution in [-0.2, 0) is 44.8 Å². The zero-order chi connectivity index (χ0) is 5.41. The Morgan fingerprint density at radius 3 is 0.700 bits per heavy atom. The zero-order valence-electron chi connectivity index (χ0n) is 6.36. The van der Waals surface area contributed by atoms with Crippen LogP contribution in [0.3, 0.4) is 0 Å². The van der Waals surface area contributed by atoms with Gasteiger partial charge in [-0.3, -0.25) is 0 Å². The topological polar surface area (TPSA) is 24.1 Å². The minimum Gasteiger partial charge on any atom is -1.00 e. The fourth-order valence-corrected chi connectivity index (χ4v) is 0. The molecule has 2 N–H and O–H groups in total. The predicted molar refractivity (Wildman–Crippen MR) is 30.0 cm³/mol. The number of hydrogen-bond donors (Lipinski definition) is 2. The van der Waals surface area contributed by atoms with Gasteiger partial charge in [0.1, 0.15) is 0 Å². The average molecular weight is 468 g/mol. The van der Waals surface area contributed by atoms with E-state index in [9.17, 15) is 0 Å². The van der Waals surface area contributed by atoms with E-state index in [1.807, 2.05) is 28.2 Å². The molecule has 0 aliphatic rings. The number of rotatable bonds is 0. The molecule has 0 atom stereocenters. The largest absolute Gasteiger partial charge is 1.00 e. The predicted octanol–water partition coefficient (Wildman–Crippen LogP) is -6.33. The summed E-state index contributed by atoms with van der Waals surface area (Å²) in [5, 5.41) is 5.50. The third kappa shape index (κ3) is 158. The molecule has 0 rings (SSSR count).